The van der Waals surface area contributed by atoms with E-state index in [9.17, 15) is 4.79 Å². The number of anilines is 1. The van der Waals surface area contributed by atoms with Crippen molar-refractivity contribution < 1.29 is 14.3 Å². The number of amides is 1. The molecule has 1 fully saturated rings. The quantitative estimate of drug-likeness (QED) is 0.843. The lowest BCUT2D eigenvalue weighted by atomic mass is 10.1. The van der Waals surface area contributed by atoms with Gasteiger partial charge >= 0.3 is 0 Å². The van der Waals surface area contributed by atoms with Gasteiger partial charge in [0.15, 0.2) is 0 Å². The van der Waals surface area contributed by atoms with Gasteiger partial charge in [-0.05, 0) is 62.7 Å². The number of benzene rings is 2. The maximum atomic E-state index is 12.6. The van der Waals surface area contributed by atoms with E-state index in [0.29, 0.717) is 5.56 Å². The van der Waals surface area contributed by atoms with Crippen molar-refractivity contribution in [1.29, 1.82) is 0 Å². The minimum atomic E-state index is -0.0791. The first-order valence-electron chi connectivity index (χ1n) is 9.53. The van der Waals surface area contributed by atoms with Crippen LogP contribution in [0.1, 0.15) is 42.7 Å². The summed E-state index contributed by atoms with van der Waals surface area (Å²) in [5.41, 5.74) is 2.84. The molecule has 27 heavy (non-hydrogen) atoms. The van der Waals surface area contributed by atoms with Crippen LogP contribution in [0.2, 0.25) is 0 Å². The van der Waals surface area contributed by atoms with Crippen molar-refractivity contribution in [3.63, 3.8) is 0 Å². The number of morpholine rings is 1. The Labute approximate surface area is 161 Å². The second kappa shape index (κ2) is 8.91. The van der Waals surface area contributed by atoms with Crippen LogP contribution >= 0.6 is 0 Å². The molecule has 1 amide bonds. The predicted molar refractivity (Wildman–Crippen MR) is 108 cm³/mol. The lowest BCUT2D eigenvalue weighted by molar-refractivity contribution is 0.0940. The van der Waals surface area contributed by atoms with Crippen molar-refractivity contribution in [2.24, 2.45) is 0 Å². The van der Waals surface area contributed by atoms with E-state index in [-0.39, 0.29) is 18.1 Å². The van der Waals surface area contributed by atoms with Gasteiger partial charge in [-0.15, -0.1) is 0 Å². The molecule has 3 rings (SSSR count). The third-order valence-electron chi connectivity index (χ3n) is 4.61. The summed E-state index contributed by atoms with van der Waals surface area (Å²) in [6, 6.07) is 15.5. The minimum Gasteiger partial charge on any atom is -0.491 e. The molecule has 1 atom stereocenters. The summed E-state index contributed by atoms with van der Waals surface area (Å²) in [7, 11) is 0. The Morgan fingerprint density at radius 2 is 1.63 bits per heavy atom. The maximum Gasteiger partial charge on any atom is 0.251 e. The van der Waals surface area contributed by atoms with Crippen molar-refractivity contribution >= 4 is 11.6 Å². The standard InChI is InChI=1S/C22H28N2O3/c1-16(2)27-21-10-6-18(7-11-21)17(3)23-22(25)19-4-8-20(9-5-19)24-12-14-26-15-13-24/h4-11,16-17H,12-15H2,1-3H3,(H,23,25). The first kappa shape index (κ1) is 19.2. The van der Waals surface area contributed by atoms with Gasteiger partial charge in [-0.1, -0.05) is 12.1 Å². The fourth-order valence-corrected chi connectivity index (χ4v) is 3.12. The largest absolute Gasteiger partial charge is 0.491 e. The highest BCUT2D eigenvalue weighted by Crippen LogP contribution is 2.20. The zero-order chi connectivity index (χ0) is 19.2. The Kier molecular flexibility index (Phi) is 6.35. The van der Waals surface area contributed by atoms with Crippen LogP contribution in [0.4, 0.5) is 5.69 Å². The highest BCUT2D eigenvalue weighted by molar-refractivity contribution is 5.94. The number of nitrogens with zero attached hydrogens (tertiary/aromatic N) is 1. The smallest absolute Gasteiger partial charge is 0.251 e. The van der Waals surface area contributed by atoms with Crippen molar-refractivity contribution in [1.82, 2.24) is 5.32 Å². The molecule has 0 bridgehead atoms. The molecule has 1 aliphatic rings. The topological polar surface area (TPSA) is 50.8 Å². The molecule has 144 valence electrons. The molecule has 1 heterocycles. The molecule has 2 aromatic rings. The first-order chi connectivity index (χ1) is 13.0. The van der Waals surface area contributed by atoms with E-state index in [1.165, 1.54) is 0 Å². The fourth-order valence-electron chi connectivity index (χ4n) is 3.12. The molecule has 1 unspecified atom stereocenters. The number of rotatable bonds is 6. The Balaban J connectivity index is 1.59. The Hall–Kier alpha value is -2.53. The number of carbonyl (C=O) groups is 1. The molecule has 0 aromatic heterocycles. The molecular weight excluding hydrogens is 340 g/mol. The van der Waals surface area contributed by atoms with E-state index in [1.807, 2.05) is 69.3 Å². The summed E-state index contributed by atoms with van der Waals surface area (Å²) < 4.78 is 11.0. The SMILES string of the molecule is CC(C)Oc1ccc(C(C)NC(=O)c2ccc(N3CCOCC3)cc2)cc1. The third kappa shape index (κ3) is 5.23. The van der Waals surface area contributed by atoms with Crippen molar-refractivity contribution in [2.75, 3.05) is 31.2 Å². The van der Waals surface area contributed by atoms with Gasteiger partial charge < -0.3 is 19.7 Å². The lowest BCUT2D eigenvalue weighted by Gasteiger charge is -2.28. The molecule has 2 aromatic carbocycles. The molecule has 5 heteroatoms. The van der Waals surface area contributed by atoms with Crippen molar-refractivity contribution in [3.05, 3.63) is 59.7 Å². The van der Waals surface area contributed by atoms with Gasteiger partial charge in [0, 0.05) is 24.3 Å². The van der Waals surface area contributed by atoms with Crippen LogP contribution in [0, 0.1) is 0 Å². The van der Waals surface area contributed by atoms with Crippen LogP contribution in [0.3, 0.4) is 0 Å². The molecule has 5 nitrogen and oxygen atoms in total. The van der Waals surface area contributed by atoms with Crippen molar-refractivity contribution in [2.45, 2.75) is 32.9 Å². The second-order valence-electron chi connectivity index (χ2n) is 7.08. The van der Waals surface area contributed by atoms with E-state index >= 15 is 0 Å². The summed E-state index contributed by atoms with van der Waals surface area (Å²) in [5.74, 6) is 0.768. The van der Waals surface area contributed by atoms with Crippen LogP contribution in [0.15, 0.2) is 48.5 Å². The second-order valence-corrected chi connectivity index (χ2v) is 7.08. The Morgan fingerprint density at radius 1 is 1.00 bits per heavy atom. The summed E-state index contributed by atoms with van der Waals surface area (Å²) >= 11 is 0. The summed E-state index contributed by atoms with van der Waals surface area (Å²) in [5, 5.41) is 3.06. The van der Waals surface area contributed by atoms with Gasteiger partial charge in [0.2, 0.25) is 0 Å². The summed E-state index contributed by atoms with van der Waals surface area (Å²) in [6.45, 7) is 9.26. The minimum absolute atomic E-state index is 0.0708. The van der Waals surface area contributed by atoms with Crippen LogP contribution in [-0.2, 0) is 4.74 Å². The highest BCUT2D eigenvalue weighted by atomic mass is 16.5. The maximum absolute atomic E-state index is 12.6. The van der Waals surface area contributed by atoms with Crippen LogP contribution in [-0.4, -0.2) is 38.3 Å². The zero-order valence-corrected chi connectivity index (χ0v) is 16.3. The normalized spacial score (nSPS) is 15.5. The van der Waals surface area contributed by atoms with Gasteiger partial charge in [0.05, 0.1) is 25.4 Å². The molecule has 0 spiro atoms. The van der Waals surface area contributed by atoms with E-state index in [4.69, 9.17) is 9.47 Å². The molecular formula is C22H28N2O3. The van der Waals surface area contributed by atoms with Gasteiger partial charge in [-0.2, -0.15) is 0 Å². The van der Waals surface area contributed by atoms with E-state index in [2.05, 4.69) is 10.2 Å². The molecule has 1 N–H and O–H groups in total. The Morgan fingerprint density at radius 3 is 2.22 bits per heavy atom. The van der Waals surface area contributed by atoms with E-state index in [1.54, 1.807) is 0 Å². The third-order valence-corrected chi connectivity index (χ3v) is 4.61. The summed E-state index contributed by atoms with van der Waals surface area (Å²) in [4.78, 5) is 14.8. The van der Waals surface area contributed by atoms with Crippen LogP contribution in [0.25, 0.3) is 0 Å². The summed E-state index contributed by atoms with van der Waals surface area (Å²) in [6.07, 6.45) is 0.147. The van der Waals surface area contributed by atoms with Gasteiger partial charge in [-0.3, -0.25) is 4.79 Å². The van der Waals surface area contributed by atoms with Gasteiger partial charge in [-0.25, -0.2) is 0 Å². The molecule has 0 aliphatic carbocycles. The van der Waals surface area contributed by atoms with Crippen LogP contribution < -0.4 is 15.0 Å². The van der Waals surface area contributed by atoms with Crippen LogP contribution in [0.5, 0.6) is 5.75 Å². The number of hydrogen-bond acceptors (Lipinski definition) is 4. The first-order valence-corrected chi connectivity index (χ1v) is 9.53. The van der Waals surface area contributed by atoms with E-state index in [0.717, 1.165) is 43.3 Å². The molecule has 1 saturated heterocycles. The number of ether oxygens (including phenoxy) is 2. The van der Waals surface area contributed by atoms with Gasteiger partial charge in [0.1, 0.15) is 5.75 Å². The molecule has 1 aliphatic heterocycles. The molecule has 0 saturated carbocycles. The predicted octanol–water partition coefficient (Wildman–Crippen LogP) is 3.80. The fraction of sp³-hybridized carbons (Fsp3) is 0.409. The average molecular weight is 368 g/mol. The molecule has 0 radical (unpaired) electrons. The average Bonchev–Trinajstić information content (AvgIpc) is 2.69. The zero-order valence-electron chi connectivity index (χ0n) is 16.3. The lowest BCUT2D eigenvalue weighted by Crippen LogP contribution is -2.36. The number of nitrogens with one attached hydrogen (secondary N) is 1. The van der Waals surface area contributed by atoms with Crippen molar-refractivity contribution in [3.8, 4) is 5.75 Å². The number of carbonyl (C=O) groups excluding carboxylic acids is 1. The number of hydrogen-bond donors (Lipinski definition) is 1. The Bertz CT molecular complexity index is 735. The highest BCUT2D eigenvalue weighted by Gasteiger charge is 2.14. The van der Waals surface area contributed by atoms with Gasteiger partial charge in [0.25, 0.3) is 5.91 Å². The monoisotopic (exact) mass is 368 g/mol. The van der Waals surface area contributed by atoms with E-state index < -0.39 is 0 Å².